The average Bonchev–Trinajstić information content (AvgIpc) is 2.79. The molecular formula is C9H10O3. The second-order valence-electron chi connectivity index (χ2n) is 3.54. The van der Waals surface area contributed by atoms with E-state index in [-0.39, 0.29) is 36.1 Å². The number of hydrogen-bond donors (Lipinski definition) is 0. The van der Waals surface area contributed by atoms with Crippen LogP contribution in [-0.4, -0.2) is 17.3 Å². The van der Waals surface area contributed by atoms with Crippen molar-refractivity contribution in [3.8, 4) is 0 Å². The van der Waals surface area contributed by atoms with Crippen LogP contribution in [0.5, 0.6) is 0 Å². The number of Topliss-reactive ketones (excluding diaryl/α,β-unsaturated/α-hetero) is 3. The first-order valence-electron chi connectivity index (χ1n) is 4.29. The van der Waals surface area contributed by atoms with Gasteiger partial charge in [-0.1, -0.05) is 0 Å². The lowest BCUT2D eigenvalue weighted by Crippen LogP contribution is -2.26. The molecule has 0 unspecified atom stereocenters. The second kappa shape index (κ2) is 2.51. The number of carbonyl (C=O) groups is 3. The van der Waals surface area contributed by atoms with Crippen molar-refractivity contribution in [2.75, 3.05) is 0 Å². The van der Waals surface area contributed by atoms with Gasteiger partial charge >= 0.3 is 0 Å². The average molecular weight is 166 g/mol. The summed E-state index contributed by atoms with van der Waals surface area (Å²) in [5, 5.41) is 0. The van der Waals surface area contributed by atoms with E-state index in [4.69, 9.17) is 0 Å². The first kappa shape index (κ1) is 7.65. The number of hydrogen-bond acceptors (Lipinski definition) is 3. The van der Waals surface area contributed by atoms with Gasteiger partial charge in [-0.3, -0.25) is 14.4 Å². The maximum absolute atomic E-state index is 11.4. The van der Waals surface area contributed by atoms with Crippen LogP contribution in [-0.2, 0) is 14.4 Å². The summed E-state index contributed by atoms with van der Waals surface area (Å²) in [6.07, 6.45) is 2.30. The Kier molecular flexibility index (Phi) is 1.60. The highest BCUT2D eigenvalue weighted by Gasteiger charge is 2.44. The number of rotatable bonds is 2. The van der Waals surface area contributed by atoms with Crippen LogP contribution in [0.3, 0.4) is 0 Å². The lowest BCUT2D eigenvalue weighted by atomic mass is 9.97. The summed E-state index contributed by atoms with van der Waals surface area (Å²) < 4.78 is 0. The number of ketones is 3. The Labute approximate surface area is 70.1 Å². The molecule has 0 radical (unpaired) electrons. The Hall–Kier alpha value is -0.990. The summed E-state index contributed by atoms with van der Waals surface area (Å²) in [6, 6.07) is 0. The molecule has 3 heteroatoms. The van der Waals surface area contributed by atoms with Gasteiger partial charge in [0.05, 0.1) is 0 Å². The van der Waals surface area contributed by atoms with Crippen LogP contribution < -0.4 is 0 Å². The third-order valence-corrected chi connectivity index (χ3v) is 2.53. The van der Waals surface area contributed by atoms with E-state index in [0.29, 0.717) is 0 Å². The minimum atomic E-state index is -0.863. The van der Waals surface area contributed by atoms with Crippen molar-refractivity contribution in [2.45, 2.75) is 25.7 Å². The first-order chi connectivity index (χ1) is 5.70. The Bertz CT molecular complexity index is 247. The minimum Gasteiger partial charge on any atom is -0.298 e. The minimum absolute atomic E-state index is 0.0287. The second-order valence-corrected chi connectivity index (χ2v) is 3.54. The molecule has 0 aromatic heterocycles. The van der Waals surface area contributed by atoms with Crippen LogP contribution in [0.25, 0.3) is 0 Å². The summed E-state index contributed by atoms with van der Waals surface area (Å²) in [4.78, 5) is 33.6. The van der Waals surface area contributed by atoms with Crippen LogP contribution in [0.4, 0.5) is 0 Å². The Morgan fingerprint density at radius 2 is 1.58 bits per heavy atom. The van der Waals surface area contributed by atoms with Crippen molar-refractivity contribution in [1.82, 2.24) is 0 Å². The molecule has 64 valence electrons. The zero-order valence-electron chi connectivity index (χ0n) is 6.71. The van der Waals surface area contributed by atoms with Crippen LogP contribution in [0.15, 0.2) is 0 Å². The summed E-state index contributed by atoms with van der Waals surface area (Å²) in [5.41, 5.74) is 0. The van der Waals surface area contributed by atoms with Crippen molar-refractivity contribution in [1.29, 1.82) is 0 Å². The Morgan fingerprint density at radius 3 is 2.00 bits per heavy atom. The summed E-state index contributed by atoms with van der Waals surface area (Å²) in [6.45, 7) is 0. The molecule has 0 saturated heterocycles. The van der Waals surface area contributed by atoms with Crippen molar-refractivity contribution in [3.05, 3.63) is 0 Å². The fourth-order valence-electron chi connectivity index (χ4n) is 1.64. The van der Waals surface area contributed by atoms with Gasteiger partial charge in [-0.25, -0.2) is 0 Å². The van der Waals surface area contributed by atoms with Gasteiger partial charge in [0.1, 0.15) is 5.92 Å². The van der Waals surface area contributed by atoms with Crippen molar-refractivity contribution < 1.29 is 14.4 Å². The van der Waals surface area contributed by atoms with Crippen molar-refractivity contribution >= 4 is 17.3 Å². The van der Waals surface area contributed by atoms with E-state index in [0.717, 1.165) is 12.8 Å². The van der Waals surface area contributed by atoms with Crippen molar-refractivity contribution in [2.24, 2.45) is 11.8 Å². The summed E-state index contributed by atoms with van der Waals surface area (Å²) >= 11 is 0. The predicted molar refractivity (Wildman–Crippen MR) is 40.5 cm³/mol. The van der Waals surface area contributed by atoms with Crippen LogP contribution in [0.2, 0.25) is 0 Å². The van der Waals surface area contributed by atoms with Gasteiger partial charge in [-0.15, -0.1) is 0 Å². The molecule has 12 heavy (non-hydrogen) atoms. The lowest BCUT2D eigenvalue weighted by molar-refractivity contribution is -0.136. The van der Waals surface area contributed by atoms with Gasteiger partial charge in [0.15, 0.2) is 17.3 Å². The molecule has 2 rings (SSSR count). The molecule has 2 aliphatic rings. The highest BCUT2D eigenvalue weighted by Crippen LogP contribution is 2.35. The third-order valence-electron chi connectivity index (χ3n) is 2.53. The normalized spacial score (nSPS) is 25.0. The van der Waals surface area contributed by atoms with Gasteiger partial charge < -0.3 is 0 Å². The largest absolute Gasteiger partial charge is 0.298 e. The highest BCUT2D eigenvalue weighted by atomic mass is 16.2. The van der Waals surface area contributed by atoms with Gasteiger partial charge in [0.25, 0.3) is 0 Å². The van der Waals surface area contributed by atoms with Gasteiger partial charge in [0, 0.05) is 18.8 Å². The topological polar surface area (TPSA) is 51.2 Å². The molecule has 2 saturated carbocycles. The Balaban J connectivity index is 2.14. The molecule has 2 fully saturated rings. The van der Waals surface area contributed by atoms with Gasteiger partial charge in [-0.05, 0) is 12.8 Å². The fourth-order valence-corrected chi connectivity index (χ4v) is 1.64. The molecule has 0 spiro atoms. The van der Waals surface area contributed by atoms with Crippen LogP contribution in [0, 0.1) is 11.8 Å². The predicted octanol–water partition coefficient (Wildman–Crippen LogP) is 0.514. The molecule has 0 N–H and O–H groups in total. The quantitative estimate of drug-likeness (QED) is 0.562. The molecule has 0 bridgehead atoms. The van der Waals surface area contributed by atoms with E-state index in [1.165, 1.54) is 0 Å². The smallest absolute Gasteiger partial charge is 0.153 e. The van der Waals surface area contributed by atoms with Gasteiger partial charge in [0.2, 0.25) is 0 Å². The third kappa shape index (κ3) is 1.09. The zero-order chi connectivity index (χ0) is 8.72. The maximum atomic E-state index is 11.4. The standard InChI is InChI=1S/C9H10O3/c10-6-3-4-7(11)8(6)9(12)5-1-2-5/h5,8H,1-4H2. The van der Waals surface area contributed by atoms with E-state index in [1.54, 1.807) is 0 Å². The Morgan fingerprint density at radius 1 is 1.08 bits per heavy atom. The van der Waals surface area contributed by atoms with Gasteiger partial charge in [-0.2, -0.15) is 0 Å². The SMILES string of the molecule is O=C1CCC(=O)C1C(=O)C1CC1. The molecule has 0 aromatic rings. The summed E-state index contributed by atoms with van der Waals surface area (Å²) in [7, 11) is 0. The van der Waals surface area contributed by atoms with E-state index >= 15 is 0 Å². The highest BCUT2D eigenvalue weighted by molar-refractivity contribution is 6.24. The monoisotopic (exact) mass is 166 g/mol. The number of carbonyl (C=O) groups excluding carboxylic acids is 3. The molecule has 0 aromatic carbocycles. The van der Waals surface area contributed by atoms with E-state index < -0.39 is 5.92 Å². The lowest BCUT2D eigenvalue weighted by Gasteiger charge is -2.02. The molecule has 0 atom stereocenters. The van der Waals surface area contributed by atoms with Crippen molar-refractivity contribution in [3.63, 3.8) is 0 Å². The van der Waals surface area contributed by atoms with Crippen LogP contribution in [0.1, 0.15) is 25.7 Å². The van der Waals surface area contributed by atoms with E-state index in [9.17, 15) is 14.4 Å². The van der Waals surface area contributed by atoms with Crippen LogP contribution >= 0.6 is 0 Å². The fraction of sp³-hybridized carbons (Fsp3) is 0.667. The van der Waals surface area contributed by atoms with E-state index in [1.807, 2.05) is 0 Å². The maximum Gasteiger partial charge on any atom is 0.153 e. The summed E-state index contributed by atoms with van der Waals surface area (Å²) in [5.74, 6) is -1.25. The molecule has 0 amide bonds. The zero-order valence-corrected chi connectivity index (χ0v) is 6.71. The first-order valence-corrected chi connectivity index (χ1v) is 4.29. The molecule has 3 nitrogen and oxygen atoms in total. The molecule has 2 aliphatic carbocycles. The molecular weight excluding hydrogens is 156 g/mol. The molecule has 0 heterocycles. The molecule has 0 aliphatic heterocycles. The van der Waals surface area contributed by atoms with E-state index in [2.05, 4.69) is 0 Å².